The van der Waals surface area contributed by atoms with Gasteiger partial charge in [-0.15, -0.1) is 0 Å². The van der Waals surface area contributed by atoms with E-state index in [0.717, 1.165) is 0 Å². The summed E-state index contributed by atoms with van der Waals surface area (Å²) in [6.45, 7) is 0. The first-order chi connectivity index (χ1) is 12.5. The Kier molecular flexibility index (Phi) is 5.92. The predicted molar refractivity (Wildman–Crippen MR) is 94.1 cm³/mol. The molecule has 3 N–H and O–H groups in total. The molecule has 0 heterocycles. The fraction of sp³-hybridized carbons (Fsp3) is 0.125. The van der Waals surface area contributed by atoms with Crippen LogP contribution in [0.25, 0.3) is 0 Å². The summed E-state index contributed by atoms with van der Waals surface area (Å²) < 4.78 is 57.5. The van der Waals surface area contributed by atoms with Crippen molar-refractivity contribution in [3.63, 3.8) is 0 Å². The van der Waals surface area contributed by atoms with Gasteiger partial charge in [0, 0.05) is 0 Å². The van der Waals surface area contributed by atoms with E-state index in [4.69, 9.17) is 9.69 Å². The Morgan fingerprint density at radius 1 is 1.00 bits per heavy atom. The third-order valence-corrected chi connectivity index (χ3v) is 5.61. The zero-order valence-corrected chi connectivity index (χ0v) is 15.3. The number of ketones is 1. The molecule has 0 bridgehead atoms. The second-order valence-corrected chi connectivity index (χ2v) is 8.23. The number of carbonyl (C=O) groups excluding carboxylic acids is 2. The fourth-order valence-corrected chi connectivity index (χ4v) is 3.95. The van der Waals surface area contributed by atoms with Gasteiger partial charge in [-0.05, 0) is 11.1 Å². The molecular weight excluding hydrogens is 398 g/mol. The van der Waals surface area contributed by atoms with E-state index in [-0.39, 0.29) is 17.4 Å². The normalized spacial score (nSPS) is 15.5. The lowest BCUT2D eigenvalue weighted by Gasteiger charge is -2.28. The minimum atomic E-state index is -5.19. The highest BCUT2D eigenvalue weighted by molar-refractivity contribution is 7.91. The lowest BCUT2D eigenvalue weighted by Crippen LogP contribution is -2.51. The summed E-state index contributed by atoms with van der Waals surface area (Å²) in [5.74, 6) is -1.49. The van der Waals surface area contributed by atoms with Crippen LogP contribution in [0.2, 0.25) is 0 Å². The van der Waals surface area contributed by atoms with Gasteiger partial charge < -0.3 is 4.79 Å². The van der Waals surface area contributed by atoms with E-state index in [2.05, 4.69) is 4.18 Å². The average molecular weight is 413 g/mol. The second-order valence-electron chi connectivity index (χ2n) is 5.44. The molecule has 0 aliphatic heterocycles. The maximum atomic E-state index is 13.1. The zero-order valence-electron chi connectivity index (χ0n) is 13.6. The number of hydrogen-bond donors (Lipinski definition) is 2. The molecule has 0 aromatic heterocycles. The van der Waals surface area contributed by atoms with E-state index in [9.17, 15) is 26.4 Å². The molecule has 9 nitrogen and oxygen atoms in total. The van der Waals surface area contributed by atoms with Gasteiger partial charge in [-0.25, -0.2) is 17.7 Å². The summed E-state index contributed by atoms with van der Waals surface area (Å²) in [6.07, 6.45) is -2.33. The van der Waals surface area contributed by atoms with Crippen molar-refractivity contribution in [3.8, 4) is 0 Å². The van der Waals surface area contributed by atoms with Crippen molar-refractivity contribution < 1.29 is 35.2 Å². The second kappa shape index (κ2) is 7.66. The molecule has 2 atom stereocenters. The molecule has 2 rings (SSSR count). The molecule has 2 unspecified atom stereocenters. The number of primary sulfonamides is 1. The summed E-state index contributed by atoms with van der Waals surface area (Å²) in [6, 6.07) is 13.5. The maximum Gasteiger partial charge on any atom is 0.398 e. The lowest BCUT2D eigenvalue weighted by molar-refractivity contribution is -0.132. The van der Waals surface area contributed by atoms with Crippen LogP contribution < -0.4 is 5.14 Å². The minimum absolute atomic E-state index is 0.106. The first-order valence-corrected chi connectivity index (χ1v) is 10.2. The van der Waals surface area contributed by atoms with Crippen molar-refractivity contribution in [1.82, 2.24) is 0 Å². The highest BCUT2D eigenvalue weighted by Crippen LogP contribution is 2.35. The minimum Gasteiger partial charge on any atom is -0.301 e. The molecule has 27 heavy (non-hydrogen) atoms. The first-order valence-electron chi connectivity index (χ1n) is 7.32. The molecule has 0 saturated heterocycles. The van der Waals surface area contributed by atoms with Crippen molar-refractivity contribution in [2.24, 2.45) is 5.14 Å². The Morgan fingerprint density at radius 2 is 1.48 bits per heavy atom. The molecule has 11 heteroatoms. The van der Waals surface area contributed by atoms with E-state index in [1.165, 1.54) is 54.6 Å². The number of benzene rings is 2. The third-order valence-electron chi connectivity index (χ3n) is 3.74. The van der Waals surface area contributed by atoms with E-state index in [0.29, 0.717) is 0 Å². The van der Waals surface area contributed by atoms with Crippen LogP contribution >= 0.6 is 0 Å². The molecule has 2 aromatic carbocycles. The highest BCUT2D eigenvalue weighted by atomic mass is 32.3. The Balaban J connectivity index is 2.76. The van der Waals surface area contributed by atoms with Gasteiger partial charge in [-0.1, -0.05) is 60.7 Å². The van der Waals surface area contributed by atoms with Crippen molar-refractivity contribution in [2.75, 3.05) is 0 Å². The van der Waals surface area contributed by atoms with Crippen molar-refractivity contribution in [1.29, 1.82) is 0 Å². The van der Waals surface area contributed by atoms with E-state index < -0.39 is 37.1 Å². The van der Waals surface area contributed by atoms with Crippen LogP contribution in [0.1, 0.15) is 17.2 Å². The van der Waals surface area contributed by atoms with Crippen LogP contribution in [0.4, 0.5) is 0 Å². The molecule has 144 valence electrons. The van der Waals surface area contributed by atoms with E-state index in [1.807, 2.05) is 0 Å². The van der Waals surface area contributed by atoms with Gasteiger partial charge in [0.05, 0.1) is 0 Å². The number of Topliss-reactive ketones (excluding diaryl/α,β-unsaturated/α-hetero) is 1. The van der Waals surface area contributed by atoms with Crippen molar-refractivity contribution in [2.45, 2.75) is 10.9 Å². The lowest BCUT2D eigenvalue weighted by atomic mass is 9.89. The maximum absolute atomic E-state index is 13.1. The van der Waals surface area contributed by atoms with Gasteiger partial charge in [-0.3, -0.25) is 9.35 Å². The number of aldehydes is 1. The Bertz CT molecular complexity index is 1040. The van der Waals surface area contributed by atoms with Crippen LogP contribution in [0.5, 0.6) is 0 Å². The van der Waals surface area contributed by atoms with Gasteiger partial charge in [0.25, 0.3) is 0 Å². The SMILES string of the molecule is NS(=O)(=O)C(C=O)(C(=O)C(OS(=O)(=O)O)c1ccccc1)c1ccccc1. The summed E-state index contributed by atoms with van der Waals surface area (Å²) in [4.78, 5) is 25.0. The predicted octanol–water partition coefficient (Wildman–Crippen LogP) is 0.499. The molecule has 0 amide bonds. The van der Waals surface area contributed by atoms with Crippen LogP contribution in [0.15, 0.2) is 60.7 Å². The molecule has 2 aromatic rings. The van der Waals surface area contributed by atoms with Crippen LogP contribution in [0, 0.1) is 0 Å². The fourth-order valence-electron chi connectivity index (χ4n) is 2.52. The molecule has 0 saturated carbocycles. The molecule has 0 radical (unpaired) electrons. The summed E-state index contributed by atoms with van der Waals surface area (Å²) in [5.41, 5.74) is -0.404. The van der Waals surface area contributed by atoms with E-state index in [1.54, 1.807) is 6.07 Å². The molecular formula is C16H15NO8S2. The van der Waals surface area contributed by atoms with Gasteiger partial charge in [0.1, 0.15) is 0 Å². The number of hydrogen-bond acceptors (Lipinski definition) is 7. The van der Waals surface area contributed by atoms with Gasteiger partial charge in [0.2, 0.25) is 20.6 Å². The molecule has 0 spiro atoms. The zero-order chi connectivity index (χ0) is 20.3. The number of carbonyl (C=O) groups is 2. The van der Waals surface area contributed by atoms with Crippen molar-refractivity contribution >= 4 is 32.5 Å². The highest BCUT2D eigenvalue weighted by Gasteiger charge is 2.54. The summed E-state index contributed by atoms with van der Waals surface area (Å²) >= 11 is 0. The molecule has 0 aliphatic carbocycles. The largest absolute Gasteiger partial charge is 0.398 e. The van der Waals surface area contributed by atoms with E-state index >= 15 is 0 Å². The quantitative estimate of drug-likeness (QED) is 0.360. The first kappa shape index (κ1) is 20.9. The third kappa shape index (κ3) is 4.28. The number of rotatable bonds is 8. The number of nitrogens with two attached hydrogens (primary N) is 1. The Morgan fingerprint density at radius 3 is 1.89 bits per heavy atom. The van der Waals surface area contributed by atoms with Crippen LogP contribution in [0.3, 0.4) is 0 Å². The van der Waals surface area contributed by atoms with Gasteiger partial charge in [-0.2, -0.15) is 8.42 Å². The standard InChI is InChI=1S/C16H15NO8S2/c17-26(20,21)16(11-18,13-9-5-2-6-10-13)15(19)14(25-27(22,23)24)12-7-3-1-4-8-12/h1-11,14H,(H2,17,20,21)(H,22,23,24). The van der Waals surface area contributed by atoms with Crippen LogP contribution in [-0.2, 0) is 38.9 Å². The summed E-state index contributed by atoms with van der Waals surface area (Å²) in [7, 11) is -10.1. The molecule has 0 fully saturated rings. The smallest absolute Gasteiger partial charge is 0.301 e. The van der Waals surface area contributed by atoms with Gasteiger partial charge in [0.15, 0.2) is 12.4 Å². The molecule has 0 aliphatic rings. The summed E-state index contributed by atoms with van der Waals surface area (Å²) in [5, 5.41) is 5.19. The Hall–Kier alpha value is -2.44. The monoisotopic (exact) mass is 413 g/mol. The number of sulfonamides is 1. The van der Waals surface area contributed by atoms with Crippen LogP contribution in [-0.4, -0.2) is 33.5 Å². The van der Waals surface area contributed by atoms with Crippen molar-refractivity contribution in [3.05, 3.63) is 71.8 Å². The topological polar surface area (TPSA) is 158 Å². The van der Waals surface area contributed by atoms with Gasteiger partial charge >= 0.3 is 10.4 Å². The Labute approximate surface area is 155 Å². The average Bonchev–Trinajstić information content (AvgIpc) is 2.60.